The van der Waals surface area contributed by atoms with E-state index in [1.165, 1.54) is 24.8 Å². The molecule has 1 aromatic carbocycles. The predicted molar refractivity (Wildman–Crippen MR) is 87.3 cm³/mol. The lowest BCUT2D eigenvalue weighted by molar-refractivity contribution is 0.440. The van der Waals surface area contributed by atoms with E-state index in [1.807, 2.05) is 12.1 Å². The molecular formula is C15H23BrN4. The monoisotopic (exact) mass is 338 g/mol. The summed E-state index contributed by atoms with van der Waals surface area (Å²) >= 11 is 3.50. The van der Waals surface area contributed by atoms with Crippen LogP contribution in [0.25, 0.3) is 0 Å². The molecule has 1 aliphatic carbocycles. The zero-order chi connectivity index (χ0) is 14.4. The number of hydrogen-bond donors (Lipinski definition) is 3. The smallest absolute Gasteiger partial charge is 0.206 e. The molecule has 1 saturated carbocycles. The molecule has 0 heterocycles. The van der Waals surface area contributed by atoms with Gasteiger partial charge in [-0.3, -0.25) is 5.43 Å². The van der Waals surface area contributed by atoms with Crippen LogP contribution < -0.4 is 16.6 Å². The Hall–Kier alpha value is -1.07. The average molecular weight is 339 g/mol. The Kier molecular flexibility index (Phi) is 5.86. The summed E-state index contributed by atoms with van der Waals surface area (Å²) in [7, 11) is 0. The van der Waals surface area contributed by atoms with Crippen LogP contribution >= 0.6 is 15.9 Å². The molecule has 2 rings (SSSR count). The molecule has 110 valence electrons. The van der Waals surface area contributed by atoms with E-state index in [0.717, 1.165) is 17.3 Å². The fourth-order valence-corrected chi connectivity index (χ4v) is 2.99. The molecule has 4 N–H and O–H groups in total. The first-order valence-corrected chi connectivity index (χ1v) is 8.05. The van der Waals surface area contributed by atoms with E-state index in [2.05, 4.69) is 45.7 Å². The molecule has 20 heavy (non-hydrogen) atoms. The summed E-state index contributed by atoms with van der Waals surface area (Å²) in [4.78, 5) is 4.70. The molecule has 0 aliphatic heterocycles. The number of hydrazine groups is 1. The number of guanidine groups is 1. The number of hydrogen-bond acceptors (Lipinski definition) is 2. The maximum Gasteiger partial charge on any atom is 0.206 e. The Balaban J connectivity index is 1.99. The Morgan fingerprint density at radius 1 is 1.35 bits per heavy atom. The number of halogens is 1. The fourth-order valence-electron chi connectivity index (χ4n) is 2.57. The van der Waals surface area contributed by atoms with Crippen molar-refractivity contribution in [3.05, 3.63) is 34.3 Å². The van der Waals surface area contributed by atoms with E-state index in [-0.39, 0.29) is 6.04 Å². The van der Waals surface area contributed by atoms with Crippen molar-refractivity contribution in [2.24, 2.45) is 10.8 Å². The first-order valence-electron chi connectivity index (χ1n) is 7.25. The minimum atomic E-state index is 0.158. The highest BCUT2D eigenvalue weighted by atomic mass is 79.9. The number of nitrogens with two attached hydrogens (primary N) is 1. The van der Waals surface area contributed by atoms with Crippen LogP contribution in [0, 0.1) is 0 Å². The van der Waals surface area contributed by atoms with Crippen LogP contribution in [0.1, 0.15) is 50.6 Å². The van der Waals surface area contributed by atoms with Gasteiger partial charge in [0.1, 0.15) is 0 Å². The second kappa shape index (κ2) is 7.64. The number of nitrogens with one attached hydrogen (secondary N) is 2. The third-order valence-electron chi connectivity index (χ3n) is 3.72. The Labute approximate surface area is 129 Å². The van der Waals surface area contributed by atoms with Crippen molar-refractivity contribution >= 4 is 21.9 Å². The highest BCUT2D eigenvalue weighted by molar-refractivity contribution is 9.10. The lowest BCUT2D eigenvalue weighted by Gasteiger charge is -2.22. The number of nitrogens with zero attached hydrogens (tertiary/aromatic N) is 1. The highest BCUT2D eigenvalue weighted by Crippen LogP contribution is 2.21. The van der Waals surface area contributed by atoms with Crippen LogP contribution in [-0.2, 0) is 0 Å². The van der Waals surface area contributed by atoms with Crippen LogP contribution in [0.3, 0.4) is 0 Å². The molecule has 1 fully saturated rings. The molecule has 5 heteroatoms. The number of aliphatic imine (C=N–C) groups is 1. The number of benzene rings is 1. The molecule has 0 saturated heterocycles. The molecule has 0 bridgehead atoms. The van der Waals surface area contributed by atoms with Crippen molar-refractivity contribution < 1.29 is 0 Å². The summed E-state index contributed by atoms with van der Waals surface area (Å²) in [5.41, 5.74) is 3.89. The van der Waals surface area contributed by atoms with Crippen molar-refractivity contribution in [2.75, 3.05) is 0 Å². The molecule has 1 aromatic rings. The average Bonchev–Trinajstić information content (AvgIpc) is 2.47. The zero-order valence-corrected chi connectivity index (χ0v) is 13.5. The molecule has 1 aliphatic rings. The third kappa shape index (κ3) is 4.49. The lowest BCUT2D eigenvalue weighted by atomic mass is 9.96. The van der Waals surface area contributed by atoms with Gasteiger partial charge in [-0.2, -0.15) is 0 Å². The summed E-state index contributed by atoms with van der Waals surface area (Å²) in [5.74, 6) is 6.28. The Bertz CT molecular complexity index is 455. The molecular weight excluding hydrogens is 316 g/mol. The SMILES string of the molecule is CC(NC(=NC1CCCCC1)NN)c1cccc(Br)c1. The largest absolute Gasteiger partial charge is 0.349 e. The first kappa shape index (κ1) is 15.3. The van der Waals surface area contributed by atoms with Crippen LogP contribution in [-0.4, -0.2) is 12.0 Å². The second-order valence-corrected chi connectivity index (χ2v) is 6.25. The Morgan fingerprint density at radius 2 is 2.10 bits per heavy atom. The summed E-state index contributed by atoms with van der Waals surface area (Å²) in [5, 5.41) is 3.35. The van der Waals surface area contributed by atoms with Gasteiger partial charge in [-0.15, -0.1) is 0 Å². The van der Waals surface area contributed by atoms with Crippen molar-refractivity contribution in [1.82, 2.24) is 10.7 Å². The quantitative estimate of drug-likeness (QED) is 0.343. The standard InChI is InChI=1S/C15H23BrN4/c1-11(12-6-5-7-13(16)10-12)18-15(20-17)19-14-8-3-2-4-9-14/h5-7,10-11,14H,2-4,8-9,17H2,1H3,(H2,18,19,20). The van der Waals surface area contributed by atoms with E-state index in [0.29, 0.717) is 12.0 Å². The Morgan fingerprint density at radius 3 is 2.75 bits per heavy atom. The van der Waals surface area contributed by atoms with Gasteiger partial charge >= 0.3 is 0 Å². The van der Waals surface area contributed by atoms with Crippen molar-refractivity contribution in [3.8, 4) is 0 Å². The van der Waals surface area contributed by atoms with E-state index in [9.17, 15) is 0 Å². The van der Waals surface area contributed by atoms with Crippen molar-refractivity contribution in [1.29, 1.82) is 0 Å². The van der Waals surface area contributed by atoms with Gasteiger partial charge in [0, 0.05) is 4.47 Å². The van der Waals surface area contributed by atoms with Gasteiger partial charge in [-0.1, -0.05) is 47.3 Å². The zero-order valence-electron chi connectivity index (χ0n) is 11.9. The van der Waals surface area contributed by atoms with Gasteiger partial charge in [0.05, 0.1) is 12.1 Å². The van der Waals surface area contributed by atoms with Crippen LogP contribution in [0.2, 0.25) is 0 Å². The van der Waals surface area contributed by atoms with Crippen LogP contribution in [0.15, 0.2) is 33.7 Å². The summed E-state index contributed by atoms with van der Waals surface area (Å²) in [6.07, 6.45) is 6.20. The maximum atomic E-state index is 5.59. The highest BCUT2D eigenvalue weighted by Gasteiger charge is 2.14. The van der Waals surface area contributed by atoms with E-state index >= 15 is 0 Å². The van der Waals surface area contributed by atoms with Gasteiger partial charge in [0.2, 0.25) is 5.96 Å². The van der Waals surface area contributed by atoms with E-state index in [1.54, 1.807) is 0 Å². The summed E-state index contributed by atoms with van der Waals surface area (Å²) < 4.78 is 1.08. The van der Waals surface area contributed by atoms with Gasteiger partial charge in [-0.05, 0) is 37.5 Å². The third-order valence-corrected chi connectivity index (χ3v) is 4.22. The van der Waals surface area contributed by atoms with Gasteiger partial charge in [0.25, 0.3) is 0 Å². The van der Waals surface area contributed by atoms with E-state index in [4.69, 9.17) is 10.8 Å². The van der Waals surface area contributed by atoms with Crippen LogP contribution in [0.5, 0.6) is 0 Å². The minimum absolute atomic E-state index is 0.158. The molecule has 0 amide bonds. The maximum absolute atomic E-state index is 5.59. The normalized spacial score (nSPS) is 18.6. The first-order chi connectivity index (χ1) is 9.69. The van der Waals surface area contributed by atoms with Gasteiger partial charge in [0.15, 0.2) is 0 Å². The molecule has 0 aromatic heterocycles. The van der Waals surface area contributed by atoms with Gasteiger partial charge < -0.3 is 5.32 Å². The second-order valence-electron chi connectivity index (χ2n) is 5.33. The molecule has 0 radical (unpaired) electrons. The minimum Gasteiger partial charge on any atom is -0.349 e. The van der Waals surface area contributed by atoms with Crippen molar-refractivity contribution in [3.63, 3.8) is 0 Å². The molecule has 1 unspecified atom stereocenters. The van der Waals surface area contributed by atoms with Gasteiger partial charge in [-0.25, -0.2) is 10.8 Å². The topological polar surface area (TPSA) is 62.4 Å². The number of rotatable bonds is 3. The molecule has 0 spiro atoms. The summed E-state index contributed by atoms with van der Waals surface area (Å²) in [6.45, 7) is 2.11. The molecule has 4 nitrogen and oxygen atoms in total. The van der Waals surface area contributed by atoms with E-state index < -0.39 is 0 Å². The molecule has 1 atom stereocenters. The predicted octanol–water partition coefficient (Wildman–Crippen LogP) is 3.25. The fraction of sp³-hybridized carbons (Fsp3) is 0.533. The summed E-state index contributed by atoms with van der Waals surface area (Å²) in [6, 6.07) is 8.81. The van der Waals surface area contributed by atoms with Crippen LogP contribution in [0.4, 0.5) is 0 Å². The lowest BCUT2D eigenvalue weighted by Crippen LogP contribution is -2.43. The van der Waals surface area contributed by atoms with Crippen molar-refractivity contribution in [2.45, 2.75) is 51.1 Å².